The molecule has 108 valence electrons. The summed E-state index contributed by atoms with van der Waals surface area (Å²) >= 11 is 1.88. The Bertz CT molecular complexity index is 372. The SMILES string of the molecule is CCNCc1cc(COCCN2CCCC2)c(C)s1. The average Bonchev–Trinajstić information content (AvgIpc) is 3.02. The minimum absolute atomic E-state index is 0.766. The van der Waals surface area contributed by atoms with Crippen LogP contribution in [0.1, 0.15) is 35.1 Å². The van der Waals surface area contributed by atoms with Crippen molar-refractivity contribution < 1.29 is 4.74 Å². The molecule has 0 unspecified atom stereocenters. The summed E-state index contributed by atoms with van der Waals surface area (Å²) < 4.78 is 5.82. The maximum atomic E-state index is 5.82. The molecule has 3 nitrogen and oxygen atoms in total. The molecule has 1 N–H and O–H groups in total. The molecule has 1 fully saturated rings. The Morgan fingerprint density at radius 3 is 2.89 bits per heavy atom. The third-order valence-corrected chi connectivity index (χ3v) is 4.72. The van der Waals surface area contributed by atoms with Gasteiger partial charge in [0, 0.05) is 22.8 Å². The monoisotopic (exact) mass is 282 g/mol. The molecule has 0 saturated carbocycles. The van der Waals surface area contributed by atoms with Crippen LogP contribution in [0.4, 0.5) is 0 Å². The lowest BCUT2D eigenvalue weighted by Crippen LogP contribution is -2.23. The molecule has 0 bridgehead atoms. The average molecular weight is 282 g/mol. The van der Waals surface area contributed by atoms with Crippen molar-refractivity contribution in [1.82, 2.24) is 10.2 Å². The third kappa shape index (κ3) is 4.88. The largest absolute Gasteiger partial charge is 0.375 e. The van der Waals surface area contributed by atoms with E-state index in [2.05, 4.69) is 30.1 Å². The minimum atomic E-state index is 0.766. The standard InChI is InChI=1S/C15H26N2OS/c1-3-16-11-15-10-14(13(2)19-15)12-18-9-8-17-6-4-5-7-17/h10,16H,3-9,11-12H2,1-2H3. The van der Waals surface area contributed by atoms with Gasteiger partial charge in [-0.3, -0.25) is 0 Å². The highest BCUT2D eigenvalue weighted by molar-refractivity contribution is 7.12. The van der Waals surface area contributed by atoms with Gasteiger partial charge in [-0.05, 0) is 51.0 Å². The van der Waals surface area contributed by atoms with E-state index in [0.29, 0.717) is 0 Å². The molecule has 2 rings (SSSR count). The van der Waals surface area contributed by atoms with E-state index >= 15 is 0 Å². The van der Waals surface area contributed by atoms with E-state index in [4.69, 9.17) is 4.74 Å². The van der Waals surface area contributed by atoms with E-state index in [1.165, 1.54) is 41.2 Å². The van der Waals surface area contributed by atoms with Crippen LogP contribution >= 0.6 is 11.3 Å². The number of likely N-dealkylation sites (tertiary alicyclic amines) is 1. The Kier molecular flexibility index (Phi) is 6.31. The van der Waals surface area contributed by atoms with Crippen molar-refractivity contribution in [3.8, 4) is 0 Å². The zero-order valence-corrected chi connectivity index (χ0v) is 13.0. The lowest BCUT2D eigenvalue weighted by molar-refractivity contribution is 0.0991. The summed E-state index contributed by atoms with van der Waals surface area (Å²) in [5.74, 6) is 0. The molecule has 1 aliphatic heterocycles. The van der Waals surface area contributed by atoms with Crippen LogP contribution in [-0.4, -0.2) is 37.7 Å². The van der Waals surface area contributed by atoms with Gasteiger partial charge in [0.05, 0.1) is 13.2 Å². The smallest absolute Gasteiger partial charge is 0.0728 e. The quantitative estimate of drug-likeness (QED) is 0.742. The van der Waals surface area contributed by atoms with Gasteiger partial charge in [0.25, 0.3) is 0 Å². The zero-order valence-electron chi connectivity index (χ0n) is 12.2. The molecule has 0 radical (unpaired) electrons. The Hall–Kier alpha value is -0.420. The van der Waals surface area contributed by atoms with E-state index in [0.717, 1.165) is 32.8 Å². The number of nitrogens with zero attached hydrogens (tertiary/aromatic N) is 1. The van der Waals surface area contributed by atoms with Crippen LogP contribution in [-0.2, 0) is 17.9 Å². The van der Waals surface area contributed by atoms with Crippen molar-refractivity contribution >= 4 is 11.3 Å². The second-order valence-corrected chi connectivity index (χ2v) is 6.52. The lowest BCUT2D eigenvalue weighted by atomic mass is 10.2. The van der Waals surface area contributed by atoms with Gasteiger partial charge >= 0.3 is 0 Å². The van der Waals surface area contributed by atoms with Crippen molar-refractivity contribution in [3.05, 3.63) is 21.4 Å². The van der Waals surface area contributed by atoms with E-state index in [-0.39, 0.29) is 0 Å². The zero-order chi connectivity index (χ0) is 13.5. The fourth-order valence-corrected chi connectivity index (χ4v) is 3.47. The van der Waals surface area contributed by atoms with E-state index in [9.17, 15) is 0 Å². The first-order valence-corrected chi connectivity index (χ1v) is 8.20. The summed E-state index contributed by atoms with van der Waals surface area (Å²) in [6.07, 6.45) is 2.72. The summed E-state index contributed by atoms with van der Waals surface area (Å²) in [6.45, 7) is 11.6. The summed E-state index contributed by atoms with van der Waals surface area (Å²) in [4.78, 5) is 5.31. The minimum Gasteiger partial charge on any atom is -0.375 e. The molecule has 0 amide bonds. The highest BCUT2D eigenvalue weighted by Gasteiger charge is 2.11. The van der Waals surface area contributed by atoms with Crippen LogP contribution in [0.25, 0.3) is 0 Å². The predicted molar refractivity (Wildman–Crippen MR) is 81.8 cm³/mol. The van der Waals surface area contributed by atoms with Gasteiger partial charge in [0.1, 0.15) is 0 Å². The molecule has 4 heteroatoms. The van der Waals surface area contributed by atoms with E-state index in [1.807, 2.05) is 11.3 Å². The second kappa shape index (κ2) is 8.00. The van der Waals surface area contributed by atoms with Crippen molar-refractivity contribution in [1.29, 1.82) is 0 Å². The van der Waals surface area contributed by atoms with Crippen LogP contribution in [0.2, 0.25) is 0 Å². The summed E-state index contributed by atoms with van der Waals surface area (Å²) in [5.41, 5.74) is 1.36. The summed E-state index contributed by atoms with van der Waals surface area (Å²) in [5, 5.41) is 3.37. The second-order valence-electron chi connectivity index (χ2n) is 5.18. The number of nitrogens with one attached hydrogen (secondary N) is 1. The highest BCUT2D eigenvalue weighted by atomic mass is 32.1. The molecule has 1 aromatic rings. The molecule has 1 aromatic heterocycles. The number of hydrogen-bond donors (Lipinski definition) is 1. The van der Waals surface area contributed by atoms with Gasteiger partial charge in [0.2, 0.25) is 0 Å². The molecule has 1 aliphatic rings. The number of thiophene rings is 1. The van der Waals surface area contributed by atoms with Crippen molar-refractivity contribution in [2.24, 2.45) is 0 Å². The van der Waals surface area contributed by atoms with Gasteiger partial charge in [-0.25, -0.2) is 0 Å². The van der Waals surface area contributed by atoms with E-state index < -0.39 is 0 Å². The highest BCUT2D eigenvalue weighted by Crippen LogP contribution is 2.22. The third-order valence-electron chi connectivity index (χ3n) is 3.63. The normalized spacial score (nSPS) is 16.3. The summed E-state index contributed by atoms with van der Waals surface area (Å²) in [6, 6.07) is 2.29. The van der Waals surface area contributed by atoms with Crippen molar-refractivity contribution in [2.75, 3.05) is 32.8 Å². The van der Waals surface area contributed by atoms with Crippen LogP contribution < -0.4 is 5.32 Å². The van der Waals surface area contributed by atoms with E-state index in [1.54, 1.807) is 0 Å². The van der Waals surface area contributed by atoms with Gasteiger partial charge in [0.15, 0.2) is 0 Å². The Labute approximate surface area is 121 Å². The Morgan fingerprint density at radius 1 is 1.37 bits per heavy atom. The number of aryl methyl sites for hydroxylation is 1. The summed E-state index contributed by atoms with van der Waals surface area (Å²) in [7, 11) is 0. The maximum absolute atomic E-state index is 5.82. The fraction of sp³-hybridized carbons (Fsp3) is 0.733. The molecular formula is C15H26N2OS. The topological polar surface area (TPSA) is 24.5 Å². The molecule has 19 heavy (non-hydrogen) atoms. The molecule has 0 aliphatic carbocycles. The van der Waals surface area contributed by atoms with Gasteiger partial charge in [-0.15, -0.1) is 11.3 Å². The van der Waals surface area contributed by atoms with Gasteiger partial charge < -0.3 is 15.0 Å². The number of hydrogen-bond acceptors (Lipinski definition) is 4. The number of rotatable bonds is 8. The molecule has 0 aromatic carbocycles. The Balaban J connectivity index is 1.68. The predicted octanol–water partition coefficient (Wildman–Crippen LogP) is 2.78. The molecular weight excluding hydrogens is 256 g/mol. The van der Waals surface area contributed by atoms with Crippen LogP contribution in [0.15, 0.2) is 6.07 Å². The van der Waals surface area contributed by atoms with Crippen LogP contribution in [0.3, 0.4) is 0 Å². The molecule has 0 atom stereocenters. The van der Waals surface area contributed by atoms with Crippen LogP contribution in [0.5, 0.6) is 0 Å². The van der Waals surface area contributed by atoms with Crippen LogP contribution in [0, 0.1) is 6.92 Å². The van der Waals surface area contributed by atoms with Gasteiger partial charge in [-0.1, -0.05) is 6.92 Å². The molecule has 0 spiro atoms. The first kappa shape index (κ1) is 15.0. The first-order valence-electron chi connectivity index (χ1n) is 7.38. The van der Waals surface area contributed by atoms with Gasteiger partial charge in [-0.2, -0.15) is 0 Å². The van der Waals surface area contributed by atoms with Crippen molar-refractivity contribution in [3.63, 3.8) is 0 Å². The fourth-order valence-electron chi connectivity index (χ4n) is 2.45. The lowest BCUT2D eigenvalue weighted by Gasteiger charge is -2.14. The maximum Gasteiger partial charge on any atom is 0.0728 e. The van der Waals surface area contributed by atoms with Crippen molar-refractivity contribution in [2.45, 2.75) is 39.8 Å². The molecule has 1 saturated heterocycles. The Morgan fingerprint density at radius 2 is 2.16 bits per heavy atom. The first-order chi connectivity index (χ1) is 9.29. The number of ether oxygens (including phenoxy) is 1. The molecule has 2 heterocycles.